The molecule has 1 N–H and O–H groups in total. The summed E-state index contributed by atoms with van der Waals surface area (Å²) in [5.41, 5.74) is 1.02. The second kappa shape index (κ2) is 6.61. The lowest BCUT2D eigenvalue weighted by Crippen LogP contribution is -2.08. The van der Waals surface area contributed by atoms with E-state index < -0.39 is 0 Å². The lowest BCUT2D eigenvalue weighted by Gasteiger charge is -2.10. The van der Waals surface area contributed by atoms with Gasteiger partial charge in [0.2, 0.25) is 0 Å². The number of benzene rings is 1. The first-order valence-electron chi connectivity index (χ1n) is 6.32. The van der Waals surface area contributed by atoms with Gasteiger partial charge in [0.15, 0.2) is 0 Å². The number of halogens is 1. The molecule has 1 aromatic heterocycles. The second-order valence-corrected chi connectivity index (χ2v) is 5.09. The third-order valence-electron chi connectivity index (χ3n) is 2.87. The van der Waals surface area contributed by atoms with Crippen LogP contribution in [0.1, 0.15) is 19.2 Å². The Hall–Kier alpha value is -1.49. The summed E-state index contributed by atoms with van der Waals surface area (Å²) >= 11 is 3.44. The minimum atomic E-state index is 0.706. The van der Waals surface area contributed by atoms with Crippen molar-refractivity contribution in [2.45, 2.75) is 26.4 Å². The van der Waals surface area contributed by atoms with Gasteiger partial charge in [-0.1, -0.05) is 6.92 Å². The molecule has 1 aromatic carbocycles. The Balaban J connectivity index is 2.04. The van der Waals surface area contributed by atoms with E-state index in [0.29, 0.717) is 6.54 Å². The summed E-state index contributed by atoms with van der Waals surface area (Å²) in [6, 6.07) is 5.95. The van der Waals surface area contributed by atoms with Gasteiger partial charge in [0.25, 0.3) is 0 Å². The van der Waals surface area contributed by atoms with Gasteiger partial charge in [-0.25, -0.2) is 4.98 Å². The third-order valence-corrected chi connectivity index (χ3v) is 3.52. The molecule has 0 aliphatic rings. The molecule has 0 fully saturated rings. The van der Waals surface area contributed by atoms with E-state index >= 15 is 0 Å². The highest BCUT2D eigenvalue weighted by Crippen LogP contribution is 2.27. The average Bonchev–Trinajstić information content (AvgIpc) is 2.86. The van der Waals surface area contributed by atoms with Crippen molar-refractivity contribution in [2.75, 3.05) is 12.4 Å². The summed E-state index contributed by atoms with van der Waals surface area (Å²) in [4.78, 5) is 4.37. The highest BCUT2D eigenvalue weighted by molar-refractivity contribution is 9.10. The zero-order valence-corrected chi connectivity index (χ0v) is 12.8. The molecule has 0 aliphatic carbocycles. The maximum absolute atomic E-state index is 5.28. The molecule has 0 radical (unpaired) electrons. The first kappa shape index (κ1) is 13.9. The van der Waals surface area contributed by atoms with Crippen LogP contribution in [-0.4, -0.2) is 16.7 Å². The molecule has 0 atom stereocenters. The number of nitrogens with zero attached hydrogens (tertiary/aromatic N) is 2. The van der Waals surface area contributed by atoms with Crippen molar-refractivity contribution in [2.24, 2.45) is 0 Å². The molecule has 19 heavy (non-hydrogen) atoms. The molecule has 0 amide bonds. The van der Waals surface area contributed by atoms with Gasteiger partial charge in [-0.15, -0.1) is 0 Å². The van der Waals surface area contributed by atoms with Crippen LogP contribution in [0.5, 0.6) is 5.75 Å². The molecule has 0 bridgehead atoms. The van der Waals surface area contributed by atoms with Gasteiger partial charge in [0.1, 0.15) is 11.6 Å². The van der Waals surface area contributed by atoms with Gasteiger partial charge < -0.3 is 14.6 Å². The van der Waals surface area contributed by atoms with Crippen LogP contribution in [0.3, 0.4) is 0 Å². The average molecular weight is 324 g/mol. The van der Waals surface area contributed by atoms with Crippen LogP contribution in [0.4, 0.5) is 5.69 Å². The van der Waals surface area contributed by atoms with Gasteiger partial charge in [0.05, 0.1) is 18.1 Å². The molecule has 5 heteroatoms. The summed E-state index contributed by atoms with van der Waals surface area (Å²) < 4.78 is 8.40. The van der Waals surface area contributed by atoms with E-state index in [4.69, 9.17) is 4.74 Å². The number of rotatable bonds is 6. The molecule has 2 rings (SSSR count). The molecule has 102 valence electrons. The van der Waals surface area contributed by atoms with Crippen molar-refractivity contribution in [3.05, 3.63) is 40.9 Å². The van der Waals surface area contributed by atoms with Crippen LogP contribution in [0.25, 0.3) is 0 Å². The molecule has 0 aliphatic heterocycles. The van der Waals surface area contributed by atoms with Crippen LogP contribution in [0.15, 0.2) is 35.1 Å². The number of imidazole rings is 1. The zero-order valence-electron chi connectivity index (χ0n) is 11.2. The van der Waals surface area contributed by atoms with E-state index in [1.165, 1.54) is 0 Å². The minimum absolute atomic E-state index is 0.706. The number of nitrogens with one attached hydrogen (secondary N) is 1. The van der Waals surface area contributed by atoms with Crippen molar-refractivity contribution >= 4 is 21.6 Å². The maximum atomic E-state index is 5.28. The lowest BCUT2D eigenvalue weighted by molar-refractivity contribution is 0.412. The predicted octanol–water partition coefficient (Wildman–Crippen LogP) is 3.68. The topological polar surface area (TPSA) is 39.1 Å². The van der Waals surface area contributed by atoms with Crippen LogP contribution in [-0.2, 0) is 13.1 Å². The van der Waals surface area contributed by atoms with Crippen molar-refractivity contribution in [3.8, 4) is 5.75 Å². The first-order valence-corrected chi connectivity index (χ1v) is 7.11. The minimum Gasteiger partial charge on any atom is -0.495 e. The number of hydrogen-bond donors (Lipinski definition) is 1. The van der Waals surface area contributed by atoms with E-state index in [2.05, 4.69) is 37.7 Å². The van der Waals surface area contributed by atoms with Gasteiger partial charge in [-0.3, -0.25) is 0 Å². The quantitative estimate of drug-likeness (QED) is 0.881. The number of anilines is 1. The molecule has 4 nitrogen and oxygen atoms in total. The standard InChI is InChI=1S/C14H18BrN3O/c1-3-7-18-8-6-16-14(18)10-17-11-4-5-12(15)13(9-11)19-2/h4-6,8-9,17H,3,7,10H2,1-2H3. The highest BCUT2D eigenvalue weighted by atomic mass is 79.9. The fourth-order valence-electron chi connectivity index (χ4n) is 1.90. The summed E-state index contributed by atoms with van der Waals surface area (Å²) in [5, 5.41) is 3.36. The van der Waals surface area contributed by atoms with Gasteiger partial charge in [0, 0.05) is 30.7 Å². The molecule has 0 spiro atoms. The number of hydrogen-bond acceptors (Lipinski definition) is 3. The zero-order chi connectivity index (χ0) is 13.7. The lowest BCUT2D eigenvalue weighted by atomic mass is 10.3. The third kappa shape index (κ3) is 3.50. The predicted molar refractivity (Wildman–Crippen MR) is 80.5 cm³/mol. The van der Waals surface area contributed by atoms with E-state index in [1.54, 1.807) is 7.11 Å². The number of methoxy groups -OCH3 is 1. The van der Waals surface area contributed by atoms with Crippen molar-refractivity contribution in [1.29, 1.82) is 0 Å². The number of ether oxygens (including phenoxy) is 1. The van der Waals surface area contributed by atoms with Gasteiger partial charge in [-0.2, -0.15) is 0 Å². The first-order chi connectivity index (χ1) is 9.24. The molecule has 0 unspecified atom stereocenters. The van der Waals surface area contributed by atoms with Crippen molar-refractivity contribution in [3.63, 3.8) is 0 Å². The molecule has 0 saturated carbocycles. The van der Waals surface area contributed by atoms with Gasteiger partial charge in [-0.05, 0) is 34.5 Å². The van der Waals surface area contributed by atoms with E-state index in [9.17, 15) is 0 Å². The largest absolute Gasteiger partial charge is 0.495 e. The van der Waals surface area contributed by atoms with Crippen molar-refractivity contribution in [1.82, 2.24) is 9.55 Å². The summed E-state index contributed by atoms with van der Waals surface area (Å²) in [5.74, 6) is 1.87. The molecule has 2 aromatic rings. The Labute approximate surface area is 121 Å². The number of aryl methyl sites for hydroxylation is 1. The Bertz CT molecular complexity index is 539. The maximum Gasteiger partial charge on any atom is 0.135 e. The Morgan fingerprint density at radius 1 is 1.42 bits per heavy atom. The molecular weight excluding hydrogens is 306 g/mol. The summed E-state index contributed by atoms with van der Waals surface area (Å²) in [7, 11) is 1.66. The van der Waals surface area contributed by atoms with Crippen LogP contribution in [0.2, 0.25) is 0 Å². The fourth-order valence-corrected chi connectivity index (χ4v) is 2.31. The summed E-state index contributed by atoms with van der Waals surface area (Å²) in [6.07, 6.45) is 4.97. The molecular formula is C14H18BrN3O. The van der Waals surface area contributed by atoms with E-state index in [0.717, 1.165) is 34.7 Å². The molecule has 0 saturated heterocycles. The van der Waals surface area contributed by atoms with Crippen LogP contribution in [0, 0.1) is 0 Å². The molecule has 1 heterocycles. The Kier molecular flexibility index (Phi) is 4.85. The van der Waals surface area contributed by atoms with Crippen LogP contribution < -0.4 is 10.1 Å². The highest BCUT2D eigenvalue weighted by Gasteiger charge is 2.04. The number of aromatic nitrogens is 2. The fraction of sp³-hybridized carbons (Fsp3) is 0.357. The van der Waals surface area contributed by atoms with E-state index in [1.807, 2.05) is 30.6 Å². The smallest absolute Gasteiger partial charge is 0.135 e. The van der Waals surface area contributed by atoms with Gasteiger partial charge >= 0.3 is 0 Å². The Morgan fingerprint density at radius 3 is 3.00 bits per heavy atom. The monoisotopic (exact) mass is 323 g/mol. The summed E-state index contributed by atoms with van der Waals surface area (Å²) in [6.45, 7) is 3.87. The second-order valence-electron chi connectivity index (χ2n) is 4.24. The van der Waals surface area contributed by atoms with E-state index in [-0.39, 0.29) is 0 Å². The van der Waals surface area contributed by atoms with Crippen LogP contribution >= 0.6 is 15.9 Å². The van der Waals surface area contributed by atoms with Crippen molar-refractivity contribution < 1.29 is 4.74 Å². The Morgan fingerprint density at radius 2 is 2.26 bits per heavy atom. The SMILES string of the molecule is CCCn1ccnc1CNc1ccc(Br)c(OC)c1. The normalized spacial score (nSPS) is 10.5.